The summed E-state index contributed by atoms with van der Waals surface area (Å²) in [7, 11) is 0. The summed E-state index contributed by atoms with van der Waals surface area (Å²) >= 11 is 1.49. The first-order chi connectivity index (χ1) is 16.5. The Morgan fingerprint density at radius 3 is 2.32 bits per heavy atom. The SMILES string of the molecule is O=C(c1ccsc1)N1CCN(C(=O)c2cccc(Cn3c4c(c(=O)[nH]c3=O)CCCC4)c2)CC1. The zero-order chi connectivity index (χ0) is 23.7. The van der Waals surface area contributed by atoms with Crippen molar-refractivity contribution in [1.29, 1.82) is 0 Å². The molecule has 0 spiro atoms. The molecule has 1 aromatic carbocycles. The van der Waals surface area contributed by atoms with Crippen LogP contribution in [0.3, 0.4) is 0 Å². The number of carbonyl (C=O) groups is 2. The molecule has 2 aromatic heterocycles. The number of piperazine rings is 1. The maximum atomic E-state index is 13.2. The van der Waals surface area contributed by atoms with E-state index in [-0.39, 0.29) is 17.4 Å². The maximum Gasteiger partial charge on any atom is 0.328 e. The van der Waals surface area contributed by atoms with Crippen molar-refractivity contribution in [2.75, 3.05) is 26.2 Å². The average molecular weight is 479 g/mol. The molecule has 1 N–H and O–H groups in total. The first-order valence-electron chi connectivity index (χ1n) is 11.6. The number of nitrogens with one attached hydrogen (secondary N) is 1. The summed E-state index contributed by atoms with van der Waals surface area (Å²) in [5.41, 5.74) is 2.90. The molecule has 0 radical (unpaired) electrons. The van der Waals surface area contributed by atoms with Crippen LogP contribution in [0.1, 0.15) is 50.4 Å². The molecule has 1 aliphatic carbocycles. The fraction of sp³-hybridized carbons (Fsp3) is 0.360. The van der Waals surface area contributed by atoms with E-state index in [0.717, 1.165) is 24.1 Å². The van der Waals surface area contributed by atoms with Gasteiger partial charge in [-0.25, -0.2) is 4.79 Å². The third-order valence-corrected chi connectivity index (χ3v) is 7.32. The Morgan fingerprint density at radius 2 is 1.62 bits per heavy atom. The lowest BCUT2D eigenvalue weighted by Crippen LogP contribution is -2.50. The summed E-state index contributed by atoms with van der Waals surface area (Å²) in [5, 5.41) is 3.73. The van der Waals surface area contributed by atoms with Crippen molar-refractivity contribution in [2.24, 2.45) is 0 Å². The first-order valence-corrected chi connectivity index (χ1v) is 12.5. The summed E-state index contributed by atoms with van der Waals surface area (Å²) in [5.74, 6) is -0.0784. The minimum atomic E-state index is -0.409. The van der Waals surface area contributed by atoms with Crippen LogP contribution in [0, 0.1) is 0 Å². The zero-order valence-electron chi connectivity index (χ0n) is 18.8. The van der Waals surface area contributed by atoms with Gasteiger partial charge in [-0.2, -0.15) is 11.3 Å². The summed E-state index contributed by atoms with van der Waals surface area (Å²) in [6.45, 7) is 2.26. The van der Waals surface area contributed by atoms with Gasteiger partial charge in [0.05, 0.1) is 12.1 Å². The molecule has 0 atom stereocenters. The largest absolute Gasteiger partial charge is 0.335 e. The molecule has 176 valence electrons. The van der Waals surface area contributed by atoms with E-state index in [9.17, 15) is 19.2 Å². The van der Waals surface area contributed by atoms with Gasteiger partial charge in [0, 0.05) is 48.4 Å². The minimum Gasteiger partial charge on any atom is -0.335 e. The molecule has 3 aromatic rings. The van der Waals surface area contributed by atoms with E-state index in [1.807, 2.05) is 35.0 Å². The Hall–Kier alpha value is -3.46. The number of fused-ring (bicyclic) bond motifs is 1. The Kier molecular flexibility index (Phi) is 6.19. The molecule has 34 heavy (non-hydrogen) atoms. The standard InChI is InChI=1S/C25H26N4O4S/c30-22-20-6-1-2-7-21(20)29(25(33)26-22)15-17-4-3-5-18(14-17)23(31)27-9-11-28(12-10-27)24(32)19-8-13-34-16-19/h3-5,8,13-14,16H,1-2,6-7,9-12,15H2,(H,26,30,33). The second kappa shape index (κ2) is 9.42. The minimum absolute atomic E-state index is 0.00465. The highest BCUT2D eigenvalue weighted by atomic mass is 32.1. The van der Waals surface area contributed by atoms with Gasteiger partial charge in [0.1, 0.15) is 0 Å². The third kappa shape index (κ3) is 4.35. The van der Waals surface area contributed by atoms with E-state index in [2.05, 4.69) is 4.98 Å². The lowest BCUT2D eigenvalue weighted by Gasteiger charge is -2.34. The first kappa shape index (κ1) is 22.3. The number of nitrogens with zero attached hydrogens (tertiary/aromatic N) is 3. The van der Waals surface area contributed by atoms with Gasteiger partial charge in [-0.05, 0) is 54.8 Å². The molecule has 0 saturated carbocycles. The van der Waals surface area contributed by atoms with E-state index in [1.54, 1.807) is 20.4 Å². The number of amides is 2. The quantitative estimate of drug-likeness (QED) is 0.621. The molecule has 0 unspecified atom stereocenters. The van der Waals surface area contributed by atoms with Crippen molar-refractivity contribution in [3.63, 3.8) is 0 Å². The molecule has 1 fully saturated rings. The van der Waals surface area contributed by atoms with Crippen molar-refractivity contribution < 1.29 is 9.59 Å². The predicted octanol–water partition coefficient (Wildman–Crippen LogP) is 2.12. The molecular formula is C25H26N4O4S. The number of thiophene rings is 1. The van der Waals surface area contributed by atoms with Crippen LogP contribution in [0.15, 0.2) is 50.7 Å². The van der Waals surface area contributed by atoms with Crippen LogP contribution in [-0.2, 0) is 19.4 Å². The molecule has 1 aliphatic heterocycles. The molecular weight excluding hydrogens is 452 g/mol. The summed E-state index contributed by atoms with van der Waals surface area (Å²) in [6.07, 6.45) is 3.30. The molecule has 5 rings (SSSR count). The number of hydrogen-bond donors (Lipinski definition) is 1. The molecule has 0 bridgehead atoms. The fourth-order valence-electron chi connectivity index (χ4n) is 4.81. The predicted molar refractivity (Wildman–Crippen MR) is 130 cm³/mol. The molecule has 8 nitrogen and oxygen atoms in total. The second-order valence-electron chi connectivity index (χ2n) is 8.77. The normalized spacial score (nSPS) is 15.8. The van der Waals surface area contributed by atoms with E-state index in [1.165, 1.54) is 11.3 Å². The molecule has 3 heterocycles. The maximum absolute atomic E-state index is 13.2. The van der Waals surface area contributed by atoms with Crippen LogP contribution in [-0.4, -0.2) is 57.3 Å². The van der Waals surface area contributed by atoms with E-state index in [4.69, 9.17) is 0 Å². The van der Waals surface area contributed by atoms with E-state index >= 15 is 0 Å². The smallest absolute Gasteiger partial charge is 0.328 e. The zero-order valence-corrected chi connectivity index (χ0v) is 19.6. The fourth-order valence-corrected chi connectivity index (χ4v) is 5.44. The molecule has 2 amide bonds. The van der Waals surface area contributed by atoms with Crippen LogP contribution in [0.5, 0.6) is 0 Å². The number of H-pyrrole nitrogens is 1. The number of benzene rings is 1. The Balaban J connectivity index is 1.30. The number of hydrogen-bond acceptors (Lipinski definition) is 5. The van der Waals surface area contributed by atoms with Crippen LogP contribution in [0.2, 0.25) is 0 Å². The monoisotopic (exact) mass is 478 g/mol. The highest BCUT2D eigenvalue weighted by Gasteiger charge is 2.26. The number of carbonyl (C=O) groups excluding carboxylic acids is 2. The Labute approximate surface area is 200 Å². The van der Waals surface area contributed by atoms with Gasteiger partial charge in [0.2, 0.25) is 0 Å². The van der Waals surface area contributed by atoms with Crippen molar-refractivity contribution in [1.82, 2.24) is 19.4 Å². The van der Waals surface area contributed by atoms with Crippen molar-refractivity contribution in [3.05, 3.63) is 89.9 Å². The second-order valence-corrected chi connectivity index (χ2v) is 9.55. The van der Waals surface area contributed by atoms with Crippen LogP contribution in [0.25, 0.3) is 0 Å². The van der Waals surface area contributed by atoms with Crippen molar-refractivity contribution >= 4 is 23.2 Å². The van der Waals surface area contributed by atoms with Crippen LogP contribution in [0.4, 0.5) is 0 Å². The molecule has 9 heteroatoms. The lowest BCUT2D eigenvalue weighted by molar-refractivity contribution is 0.0536. The van der Waals surface area contributed by atoms with Gasteiger partial charge < -0.3 is 9.80 Å². The van der Waals surface area contributed by atoms with Gasteiger partial charge in [-0.3, -0.25) is 23.9 Å². The van der Waals surface area contributed by atoms with Crippen molar-refractivity contribution in [3.8, 4) is 0 Å². The summed E-state index contributed by atoms with van der Waals surface area (Å²) in [6, 6.07) is 9.13. The lowest BCUT2D eigenvalue weighted by atomic mass is 9.96. The number of aromatic nitrogens is 2. The Morgan fingerprint density at radius 1 is 0.912 bits per heavy atom. The van der Waals surface area contributed by atoms with Crippen LogP contribution < -0.4 is 11.2 Å². The highest BCUT2D eigenvalue weighted by molar-refractivity contribution is 7.08. The summed E-state index contributed by atoms with van der Waals surface area (Å²) < 4.78 is 1.63. The van der Waals surface area contributed by atoms with Gasteiger partial charge >= 0.3 is 5.69 Å². The molecule has 2 aliphatic rings. The van der Waals surface area contributed by atoms with E-state index in [0.29, 0.717) is 62.3 Å². The molecule has 1 saturated heterocycles. The Bertz CT molecular complexity index is 1330. The summed E-state index contributed by atoms with van der Waals surface area (Å²) in [4.78, 5) is 56.5. The van der Waals surface area contributed by atoms with Gasteiger partial charge in [0.25, 0.3) is 17.4 Å². The number of aromatic amines is 1. The number of rotatable bonds is 4. The van der Waals surface area contributed by atoms with Gasteiger partial charge in [-0.15, -0.1) is 0 Å². The average Bonchev–Trinajstić information content (AvgIpc) is 3.41. The van der Waals surface area contributed by atoms with Gasteiger partial charge in [-0.1, -0.05) is 12.1 Å². The van der Waals surface area contributed by atoms with Gasteiger partial charge in [0.15, 0.2) is 0 Å². The van der Waals surface area contributed by atoms with Crippen molar-refractivity contribution in [2.45, 2.75) is 32.2 Å². The van der Waals surface area contributed by atoms with E-state index < -0.39 is 5.69 Å². The topological polar surface area (TPSA) is 95.5 Å². The third-order valence-electron chi connectivity index (χ3n) is 6.64. The van der Waals surface area contributed by atoms with Crippen LogP contribution >= 0.6 is 11.3 Å². The highest BCUT2D eigenvalue weighted by Crippen LogP contribution is 2.19.